The minimum Gasteiger partial charge on any atom is -0.387 e. The first-order valence-corrected chi connectivity index (χ1v) is 8.10. The zero-order valence-electron chi connectivity index (χ0n) is 13.6. The molecule has 0 bridgehead atoms. The number of hydrogen-bond acceptors (Lipinski definition) is 4. The number of aromatic nitrogens is 2. The Hall–Kier alpha value is -2.50. The van der Waals surface area contributed by atoms with Crippen LogP contribution in [-0.2, 0) is 6.54 Å². The Kier molecular flexibility index (Phi) is 5.03. The Balaban J connectivity index is 1.77. The molecule has 0 aliphatic carbocycles. The molecule has 2 aromatic carbocycles. The maximum atomic E-state index is 12.1. The van der Waals surface area contributed by atoms with Gasteiger partial charge < -0.3 is 10.1 Å². The maximum Gasteiger partial charge on any atom is 0.258 e. The summed E-state index contributed by atoms with van der Waals surface area (Å²) in [6, 6.07) is 16.9. The zero-order chi connectivity index (χ0) is 16.9. The molecule has 0 radical (unpaired) electrons. The van der Waals surface area contributed by atoms with E-state index in [1.807, 2.05) is 55.5 Å². The maximum absolute atomic E-state index is 12.1. The first-order valence-electron chi connectivity index (χ1n) is 8.10. The van der Waals surface area contributed by atoms with E-state index in [1.54, 1.807) is 6.07 Å². The number of hydrogen-bond donors (Lipinski definition) is 2. The SMILES string of the molecule is CCN(Cc1nc2ccccc2c(=O)[nH]1)C[C@@H](O)c1ccccc1. The third-order valence-electron chi connectivity index (χ3n) is 4.10. The van der Waals surface area contributed by atoms with E-state index < -0.39 is 6.10 Å². The smallest absolute Gasteiger partial charge is 0.258 e. The van der Waals surface area contributed by atoms with Gasteiger partial charge in [-0.25, -0.2) is 4.98 Å². The lowest BCUT2D eigenvalue weighted by atomic mass is 10.1. The van der Waals surface area contributed by atoms with Crippen LogP contribution in [0.25, 0.3) is 10.9 Å². The molecule has 2 N–H and O–H groups in total. The molecule has 1 aromatic heterocycles. The van der Waals surface area contributed by atoms with Crippen LogP contribution in [0.1, 0.15) is 24.4 Å². The molecule has 3 aromatic rings. The fourth-order valence-electron chi connectivity index (χ4n) is 2.75. The highest BCUT2D eigenvalue weighted by molar-refractivity contribution is 5.77. The Labute approximate surface area is 140 Å². The average Bonchev–Trinajstić information content (AvgIpc) is 2.62. The normalized spacial score (nSPS) is 12.6. The van der Waals surface area contributed by atoms with Gasteiger partial charge in [-0.2, -0.15) is 0 Å². The van der Waals surface area contributed by atoms with Gasteiger partial charge in [-0.15, -0.1) is 0 Å². The molecule has 0 spiro atoms. The van der Waals surface area contributed by atoms with Gasteiger partial charge in [0.15, 0.2) is 0 Å². The molecular weight excluding hydrogens is 302 g/mol. The quantitative estimate of drug-likeness (QED) is 0.731. The molecule has 0 aliphatic heterocycles. The highest BCUT2D eigenvalue weighted by atomic mass is 16.3. The van der Waals surface area contributed by atoms with Gasteiger partial charge in [-0.3, -0.25) is 9.69 Å². The van der Waals surface area contributed by atoms with Crippen molar-refractivity contribution in [3.05, 3.63) is 76.3 Å². The van der Waals surface area contributed by atoms with E-state index in [9.17, 15) is 9.90 Å². The molecule has 5 heteroatoms. The van der Waals surface area contributed by atoms with E-state index >= 15 is 0 Å². The van der Waals surface area contributed by atoms with Gasteiger partial charge in [0, 0.05) is 6.54 Å². The fourth-order valence-corrected chi connectivity index (χ4v) is 2.75. The molecule has 3 rings (SSSR count). The van der Waals surface area contributed by atoms with Gasteiger partial charge in [0.2, 0.25) is 0 Å². The number of rotatable bonds is 6. The monoisotopic (exact) mass is 323 g/mol. The number of aliphatic hydroxyl groups is 1. The van der Waals surface area contributed by atoms with Crippen LogP contribution < -0.4 is 5.56 Å². The van der Waals surface area contributed by atoms with E-state index in [-0.39, 0.29) is 5.56 Å². The number of aromatic amines is 1. The average molecular weight is 323 g/mol. The second-order valence-electron chi connectivity index (χ2n) is 5.78. The molecule has 5 nitrogen and oxygen atoms in total. The number of benzene rings is 2. The van der Waals surface area contributed by atoms with Gasteiger partial charge in [-0.05, 0) is 24.2 Å². The van der Waals surface area contributed by atoms with Gasteiger partial charge in [-0.1, -0.05) is 49.4 Å². The molecule has 0 unspecified atom stereocenters. The summed E-state index contributed by atoms with van der Waals surface area (Å²) in [5.74, 6) is 0.612. The first-order chi connectivity index (χ1) is 11.7. The molecule has 0 saturated carbocycles. The molecule has 0 fully saturated rings. The highest BCUT2D eigenvalue weighted by Gasteiger charge is 2.14. The lowest BCUT2D eigenvalue weighted by Gasteiger charge is -2.23. The summed E-state index contributed by atoms with van der Waals surface area (Å²) in [7, 11) is 0. The number of aliphatic hydroxyl groups excluding tert-OH is 1. The zero-order valence-corrected chi connectivity index (χ0v) is 13.6. The number of likely N-dealkylation sites (N-methyl/N-ethyl adjacent to an activating group) is 1. The Morgan fingerprint density at radius 3 is 2.58 bits per heavy atom. The summed E-state index contributed by atoms with van der Waals surface area (Å²) in [6.45, 7) is 3.74. The molecular formula is C19H21N3O2. The van der Waals surface area contributed by atoms with Crippen LogP contribution in [0.15, 0.2) is 59.4 Å². The van der Waals surface area contributed by atoms with Crippen LogP contribution in [0.4, 0.5) is 0 Å². The molecule has 1 heterocycles. The van der Waals surface area contributed by atoms with Crippen LogP contribution >= 0.6 is 0 Å². The van der Waals surface area contributed by atoms with Crippen molar-refractivity contribution in [2.45, 2.75) is 19.6 Å². The lowest BCUT2D eigenvalue weighted by molar-refractivity contribution is 0.111. The molecule has 1 atom stereocenters. The van der Waals surface area contributed by atoms with Crippen molar-refractivity contribution < 1.29 is 5.11 Å². The predicted octanol–water partition coefficient (Wildman–Crippen LogP) is 2.48. The molecule has 0 saturated heterocycles. The van der Waals surface area contributed by atoms with E-state index in [4.69, 9.17) is 0 Å². The van der Waals surface area contributed by atoms with Crippen molar-refractivity contribution in [3.63, 3.8) is 0 Å². The van der Waals surface area contributed by atoms with Crippen molar-refractivity contribution in [2.24, 2.45) is 0 Å². The first kappa shape index (κ1) is 16.4. The minimum absolute atomic E-state index is 0.129. The minimum atomic E-state index is -0.571. The lowest BCUT2D eigenvalue weighted by Crippen LogP contribution is -2.30. The van der Waals surface area contributed by atoms with E-state index in [1.165, 1.54) is 0 Å². The van der Waals surface area contributed by atoms with Gasteiger partial charge in [0.05, 0.1) is 23.6 Å². The Morgan fingerprint density at radius 1 is 1.12 bits per heavy atom. The molecule has 0 aliphatic rings. The second-order valence-corrected chi connectivity index (χ2v) is 5.78. The van der Waals surface area contributed by atoms with Crippen LogP contribution in [-0.4, -0.2) is 33.1 Å². The van der Waals surface area contributed by atoms with Gasteiger partial charge in [0.1, 0.15) is 5.82 Å². The van der Waals surface area contributed by atoms with Crippen LogP contribution in [0.2, 0.25) is 0 Å². The van der Waals surface area contributed by atoms with Crippen molar-refractivity contribution >= 4 is 10.9 Å². The number of nitrogens with zero attached hydrogens (tertiary/aromatic N) is 2. The standard InChI is InChI=1S/C19H21N3O2/c1-2-22(12-17(23)14-8-4-3-5-9-14)13-18-20-16-11-7-6-10-15(16)19(24)21-18/h3-11,17,23H,2,12-13H2,1H3,(H,20,21,24)/t17-/m1/s1. The fraction of sp³-hybridized carbons (Fsp3) is 0.263. The summed E-state index contributed by atoms with van der Waals surface area (Å²) in [5, 5.41) is 11.0. The highest BCUT2D eigenvalue weighted by Crippen LogP contribution is 2.15. The van der Waals surface area contributed by atoms with E-state index in [0.29, 0.717) is 29.8 Å². The second kappa shape index (κ2) is 7.38. The van der Waals surface area contributed by atoms with Crippen molar-refractivity contribution in [1.82, 2.24) is 14.9 Å². The summed E-state index contributed by atoms with van der Waals surface area (Å²) in [6.07, 6.45) is -0.571. The van der Waals surface area contributed by atoms with Gasteiger partial charge in [0.25, 0.3) is 5.56 Å². The molecule has 124 valence electrons. The van der Waals surface area contributed by atoms with E-state index in [0.717, 1.165) is 12.1 Å². The Morgan fingerprint density at radius 2 is 1.83 bits per heavy atom. The molecule has 0 amide bonds. The molecule has 24 heavy (non-hydrogen) atoms. The van der Waals surface area contributed by atoms with Gasteiger partial charge >= 0.3 is 0 Å². The largest absolute Gasteiger partial charge is 0.387 e. The number of nitrogens with one attached hydrogen (secondary N) is 1. The number of H-pyrrole nitrogens is 1. The van der Waals surface area contributed by atoms with Crippen LogP contribution in [0.3, 0.4) is 0 Å². The van der Waals surface area contributed by atoms with Crippen molar-refractivity contribution in [1.29, 1.82) is 0 Å². The third kappa shape index (κ3) is 3.69. The third-order valence-corrected chi connectivity index (χ3v) is 4.10. The summed E-state index contributed by atoms with van der Waals surface area (Å²) in [5.41, 5.74) is 1.45. The summed E-state index contributed by atoms with van der Waals surface area (Å²) < 4.78 is 0. The summed E-state index contributed by atoms with van der Waals surface area (Å²) in [4.78, 5) is 21.6. The van der Waals surface area contributed by atoms with E-state index in [2.05, 4.69) is 14.9 Å². The van der Waals surface area contributed by atoms with Crippen molar-refractivity contribution in [3.8, 4) is 0 Å². The predicted molar refractivity (Wildman–Crippen MR) is 94.7 cm³/mol. The van der Waals surface area contributed by atoms with Crippen molar-refractivity contribution in [2.75, 3.05) is 13.1 Å². The summed E-state index contributed by atoms with van der Waals surface area (Å²) >= 11 is 0. The Bertz CT molecular complexity index is 861. The topological polar surface area (TPSA) is 69.2 Å². The number of fused-ring (bicyclic) bond motifs is 1. The number of para-hydroxylation sites is 1. The van der Waals surface area contributed by atoms with Crippen LogP contribution in [0.5, 0.6) is 0 Å². The van der Waals surface area contributed by atoms with Crippen LogP contribution in [0, 0.1) is 0 Å².